The molecule has 1 aromatic carbocycles. The Bertz CT molecular complexity index is 455. The maximum Gasteiger partial charge on any atom is 0.257 e. The molecule has 1 aromatic rings. The summed E-state index contributed by atoms with van der Waals surface area (Å²) in [5.41, 5.74) is 6.29. The van der Waals surface area contributed by atoms with E-state index >= 15 is 0 Å². The molecule has 3 N–H and O–H groups in total. The molecule has 2 rings (SSSR count). The third kappa shape index (κ3) is 4.87. The summed E-state index contributed by atoms with van der Waals surface area (Å²) in [6, 6.07) is 7.07. The number of nitrogens with one attached hydrogen (secondary N) is 1. The number of carbonyl (C=O) groups is 1. The summed E-state index contributed by atoms with van der Waals surface area (Å²) >= 11 is 4.86. The lowest BCUT2D eigenvalue weighted by Crippen LogP contribution is -2.29. The molecule has 5 heteroatoms. The van der Waals surface area contributed by atoms with Gasteiger partial charge in [0.2, 0.25) is 0 Å². The van der Waals surface area contributed by atoms with Gasteiger partial charge in [0.25, 0.3) is 5.91 Å². The molecule has 4 nitrogen and oxygen atoms in total. The highest BCUT2D eigenvalue weighted by molar-refractivity contribution is 7.80. The minimum atomic E-state index is -0.0842. The lowest BCUT2D eigenvalue weighted by molar-refractivity contribution is -0.123. The average Bonchev–Trinajstić information content (AvgIpc) is 3.21. The Hall–Kier alpha value is -1.62. The van der Waals surface area contributed by atoms with Gasteiger partial charge in [-0.3, -0.25) is 4.79 Å². The molecule has 0 aromatic heterocycles. The maximum atomic E-state index is 11.5. The van der Waals surface area contributed by atoms with Crippen LogP contribution in [0.1, 0.15) is 24.8 Å². The number of hydrogen-bond acceptors (Lipinski definition) is 3. The fourth-order valence-corrected chi connectivity index (χ4v) is 1.87. The van der Waals surface area contributed by atoms with Crippen LogP contribution in [0.5, 0.6) is 5.75 Å². The first kappa shape index (κ1) is 13.8. The van der Waals surface area contributed by atoms with Crippen molar-refractivity contribution in [3.8, 4) is 5.75 Å². The molecular formula is C14H18N2O2S. The van der Waals surface area contributed by atoms with Crippen LogP contribution >= 0.6 is 12.2 Å². The monoisotopic (exact) mass is 278 g/mol. The Morgan fingerprint density at radius 2 is 2.05 bits per heavy atom. The molecule has 0 bridgehead atoms. The van der Waals surface area contributed by atoms with E-state index in [1.807, 2.05) is 0 Å². The van der Waals surface area contributed by atoms with E-state index < -0.39 is 0 Å². The van der Waals surface area contributed by atoms with Crippen LogP contribution < -0.4 is 15.8 Å². The number of amides is 1. The van der Waals surface area contributed by atoms with E-state index in [-0.39, 0.29) is 12.5 Å². The van der Waals surface area contributed by atoms with Gasteiger partial charge in [0, 0.05) is 12.1 Å². The standard InChI is InChI=1S/C14H18N2O2S/c15-14(19)11-3-5-12(6-4-11)18-9-13(17)16-8-7-10-1-2-10/h3-6,10H,1-2,7-9H2,(H2,15,19)(H,16,17). The van der Waals surface area contributed by atoms with Gasteiger partial charge in [-0.15, -0.1) is 0 Å². The predicted molar refractivity (Wildman–Crippen MR) is 78.2 cm³/mol. The second kappa shape index (κ2) is 6.52. The number of nitrogens with two attached hydrogens (primary N) is 1. The summed E-state index contributed by atoms with van der Waals surface area (Å²) in [5, 5.41) is 2.85. The number of benzene rings is 1. The largest absolute Gasteiger partial charge is 0.484 e. The van der Waals surface area contributed by atoms with Gasteiger partial charge >= 0.3 is 0 Å². The van der Waals surface area contributed by atoms with Gasteiger partial charge in [-0.2, -0.15) is 0 Å². The van der Waals surface area contributed by atoms with Crippen molar-refractivity contribution in [3.05, 3.63) is 29.8 Å². The molecule has 1 saturated carbocycles. The molecule has 0 unspecified atom stereocenters. The summed E-state index contributed by atoms with van der Waals surface area (Å²) in [5.74, 6) is 1.38. The number of hydrogen-bond donors (Lipinski definition) is 2. The highest BCUT2D eigenvalue weighted by atomic mass is 32.1. The van der Waals surface area contributed by atoms with Gasteiger partial charge < -0.3 is 15.8 Å². The number of carbonyl (C=O) groups excluding carboxylic acids is 1. The third-order valence-corrected chi connectivity index (χ3v) is 3.32. The summed E-state index contributed by atoms with van der Waals surface area (Å²) in [6.45, 7) is 0.782. The van der Waals surface area contributed by atoms with Crippen molar-refractivity contribution < 1.29 is 9.53 Å². The van der Waals surface area contributed by atoms with Crippen LogP contribution in [0.15, 0.2) is 24.3 Å². The fourth-order valence-electron chi connectivity index (χ4n) is 1.74. The Morgan fingerprint density at radius 1 is 1.37 bits per heavy atom. The van der Waals surface area contributed by atoms with Crippen molar-refractivity contribution in [2.75, 3.05) is 13.2 Å². The Morgan fingerprint density at radius 3 is 2.63 bits per heavy atom. The van der Waals surface area contributed by atoms with Crippen LogP contribution in [-0.4, -0.2) is 24.0 Å². The van der Waals surface area contributed by atoms with Crippen molar-refractivity contribution in [3.63, 3.8) is 0 Å². The second-order valence-electron chi connectivity index (χ2n) is 4.76. The molecule has 0 atom stereocenters. The summed E-state index contributed by atoms with van der Waals surface area (Å²) in [4.78, 5) is 11.9. The molecule has 0 saturated heterocycles. The lowest BCUT2D eigenvalue weighted by Gasteiger charge is -2.07. The highest BCUT2D eigenvalue weighted by Crippen LogP contribution is 2.31. The average molecular weight is 278 g/mol. The molecule has 0 radical (unpaired) electrons. The summed E-state index contributed by atoms with van der Waals surface area (Å²) < 4.78 is 5.38. The quantitative estimate of drug-likeness (QED) is 0.744. The van der Waals surface area contributed by atoms with Crippen LogP contribution in [0.4, 0.5) is 0 Å². The lowest BCUT2D eigenvalue weighted by atomic mass is 10.2. The van der Waals surface area contributed by atoms with E-state index in [9.17, 15) is 4.79 Å². The highest BCUT2D eigenvalue weighted by Gasteiger charge is 2.20. The second-order valence-corrected chi connectivity index (χ2v) is 5.20. The van der Waals surface area contributed by atoms with Crippen LogP contribution in [-0.2, 0) is 4.79 Å². The minimum absolute atomic E-state index is 0.0388. The molecular weight excluding hydrogens is 260 g/mol. The van der Waals surface area contributed by atoms with Gasteiger partial charge in [0.05, 0.1) is 0 Å². The van der Waals surface area contributed by atoms with Gasteiger partial charge in [-0.1, -0.05) is 25.1 Å². The zero-order chi connectivity index (χ0) is 13.7. The van der Waals surface area contributed by atoms with E-state index in [4.69, 9.17) is 22.7 Å². The molecule has 1 amide bonds. The molecule has 1 aliphatic rings. The Kier molecular flexibility index (Phi) is 4.74. The zero-order valence-corrected chi connectivity index (χ0v) is 11.5. The Labute approximate surface area is 118 Å². The SMILES string of the molecule is NC(=S)c1ccc(OCC(=O)NCCC2CC2)cc1. The van der Waals surface area contributed by atoms with Crippen molar-refractivity contribution >= 4 is 23.1 Å². The third-order valence-electron chi connectivity index (χ3n) is 3.08. The molecule has 19 heavy (non-hydrogen) atoms. The molecule has 0 heterocycles. The van der Waals surface area contributed by atoms with Crippen LogP contribution in [0.25, 0.3) is 0 Å². The number of ether oxygens (including phenoxy) is 1. The van der Waals surface area contributed by atoms with Gasteiger partial charge in [-0.25, -0.2) is 0 Å². The first-order valence-electron chi connectivity index (χ1n) is 6.44. The number of rotatable bonds is 7. The smallest absolute Gasteiger partial charge is 0.257 e. The van der Waals surface area contributed by atoms with E-state index in [1.54, 1.807) is 24.3 Å². The van der Waals surface area contributed by atoms with Crippen molar-refractivity contribution in [1.29, 1.82) is 0 Å². The molecule has 1 aliphatic carbocycles. The normalized spacial score (nSPS) is 13.9. The van der Waals surface area contributed by atoms with Crippen molar-refractivity contribution in [1.82, 2.24) is 5.32 Å². The van der Waals surface area contributed by atoms with Crippen LogP contribution in [0.2, 0.25) is 0 Å². The summed E-state index contributed by atoms with van der Waals surface area (Å²) in [7, 11) is 0. The van der Waals surface area contributed by atoms with E-state index in [1.165, 1.54) is 12.8 Å². The fraction of sp³-hybridized carbons (Fsp3) is 0.429. The first-order valence-corrected chi connectivity index (χ1v) is 6.85. The summed E-state index contributed by atoms with van der Waals surface area (Å²) in [6.07, 6.45) is 3.69. The van der Waals surface area contributed by atoms with Crippen molar-refractivity contribution in [2.45, 2.75) is 19.3 Å². The maximum absolute atomic E-state index is 11.5. The van der Waals surface area contributed by atoms with Crippen LogP contribution in [0.3, 0.4) is 0 Å². The topological polar surface area (TPSA) is 64.3 Å². The molecule has 0 aliphatic heterocycles. The molecule has 0 spiro atoms. The van der Waals surface area contributed by atoms with Gasteiger partial charge in [-0.05, 0) is 36.6 Å². The van der Waals surface area contributed by atoms with Crippen molar-refractivity contribution in [2.24, 2.45) is 11.7 Å². The van der Waals surface area contributed by atoms with E-state index in [0.717, 1.165) is 24.4 Å². The molecule has 1 fully saturated rings. The minimum Gasteiger partial charge on any atom is -0.484 e. The van der Waals surface area contributed by atoms with E-state index in [0.29, 0.717) is 10.7 Å². The van der Waals surface area contributed by atoms with Gasteiger partial charge in [0.15, 0.2) is 6.61 Å². The van der Waals surface area contributed by atoms with Gasteiger partial charge in [0.1, 0.15) is 10.7 Å². The molecule has 102 valence electrons. The van der Waals surface area contributed by atoms with E-state index in [2.05, 4.69) is 5.32 Å². The zero-order valence-electron chi connectivity index (χ0n) is 10.7. The van der Waals surface area contributed by atoms with Crippen LogP contribution in [0, 0.1) is 5.92 Å². The first-order chi connectivity index (χ1) is 9.15. The Balaban J connectivity index is 1.68. The predicted octanol–water partition coefficient (Wildman–Crippen LogP) is 1.62. The number of thiocarbonyl (C=S) groups is 1.